The van der Waals surface area contributed by atoms with E-state index in [1.807, 2.05) is 74.7 Å². The molecule has 6 nitrogen and oxygen atoms in total. The Kier molecular flexibility index (Phi) is 5.76. The summed E-state index contributed by atoms with van der Waals surface area (Å²) in [7, 11) is 2.01. The lowest BCUT2D eigenvalue weighted by molar-refractivity contribution is 0.262. The van der Waals surface area contributed by atoms with Crippen molar-refractivity contribution in [2.75, 3.05) is 16.0 Å². The van der Waals surface area contributed by atoms with Crippen molar-refractivity contribution < 1.29 is 4.79 Å². The molecule has 2 aromatic heterocycles. The Balaban J connectivity index is 1.45. The Morgan fingerprint density at radius 3 is 2.57 bits per heavy atom. The van der Waals surface area contributed by atoms with Gasteiger partial charge in [0.1, 0.15) is 7.85 Å². The summed E-state index contributed by atoms with van der Waals surface area (Å²) in [5.41, 5.74) is 6.37. The van der Waals surface area contributed by atoms with Crippen LogP contribution in [0.3, 0.4) is 0 Å². The maximum Gasteiger partial charge on any atom is 0.323 e. The summed E-state index contributed by atoms with van der Waals surface area (Å²) in [6, 6.07) is 17.0. The van der Waals surface area contributed by atoms with Crippen molar-refractivity contribution in [2.24, 2.45) is 0 Å². The minimum Gasteiger partial charge on any atom is -0.331 e. The average molecular weight is 413 g/mol. The first kappa shape index (κ1) is 19.7. The third kappa shape index (κ3) is 4.85. The van der Waals surface area contributed by atoms with Gasteiger partial charge in [0.2, 0.25) is 0 Å². The van der Waals surface area contributed by atoms with Crippen LogP contribution in [0.5, 0.6) is 0 Å². The molecule has 30 heavy (non-hydrogen) atoms. The Hall–Kier alpha value is -3.65. The molecule has 0 spiro atoms. The summed E-state index contributed by atoms with van der Waals surface area (Å²) < 4.78 is 0. The van der Waals surface area contributed by atoms with Gasteiger partial charge in [0.25, 0.3) is 0 Å². The first-order chi connectivity index (χ1) is 14.6. The molecular formula is C22H20BN5OS. The van der Waals surface area contributed by atoms with E-state index in [0.29, 0.717) is 5.69 Å². The zero-order valence-electron chi connectivity index (χ0n) is 16.6. The first-order valence-corrected chi connectivity index (χ1v) is 10.3. The van der Waals surface area contributed by atoms with Crippen molar-refractivity contribution in [2.45, 2.75) is 6.92 Å². The minimum atomic E-state index is -0.290. The SMILES string of the molecule is Bc1ccc(NC(=O)Nc2ccc(C)c(Nc3nc(-c4cccnc4)cs3)c2)cc1. The highest BCUT2D eigenvalue weighted by atomic mass is 32.1. The van der Waals surface area contributed by atoms with Crippen LogP contribution < -0.4 is 21.4 Å². The number of aromatic nitrogens is 2. The summed E-state index contributed by atoms with van der Waals surface area (Å²) in [4.78, 5) is 21.1. The highest BCUT2D eigenvalue weighted by Gasteiger charge is 2.09. The molecule has 148 valence electrons. The molecular weight excluding hydrogens is 393 g/mol. The van der Waals surface area contributed by atoms with Gasteiger partial charge in [0.15, 0.2) is 5.13 Å². The highest BCUT2D eigenvalue weighted by Crippen LogP contribution is 2.29. The van der Waals surface area contributed by atoms with E-state index in [1.54, 1.807) is 12.4 Å². The number of pyridine rings is 1. The van der Waals surface area contributed by atoms with Gasteiger partial charge in [0.05, 0.1) is 5.69 Å². The first-order valence-electron chi connectivity index (χ1n) is 9.45. The maximum absolute atomic E-state index is 12.3. The molecule has 8 heteroatoms. The molecule has 0 unspecified atom stereocenters. The number of thiazole rings is 1. The van der Waals surface area contributed by atoms with Crippen molar-refractivity contribution in [3.63, 3.8) is 0 Å². The molecule has 3 N–H and O–H groups in total. The van der Waals surface area contributed by atoms with Gasteiger partial charge in [-0.1, -0.05) is 23.7 Å². The predicted octanol–water partition coefficient (Wildman–Crippen LogP) is 4.16. The number of aryl methyl sites for hydroxylation is 1. The van der Waals surface area contributed by atoms with Crippen LogP contribution in [0.4, 0.5) is 27.0 Å². The van der Waals surface area contributed by atoms with Crippen LogP contribution in [0.25, 0.3) is 11.3 Å². The number of nitrogens with zero attached hydrogens (tertiary/aromatic N) is 2. The zero-order chi connectivity index (χ0) is 20.9. The van der Waals surface area contributed by atoms with Crippen molar-refractivity contribution in [1.29, 1.82) is 0 Å². The number of rotatable bonds is 5. The topological polar surface area (TPSA) is 78.9 Å². The standard InChI is InChI=1S/C22H20BN5OS/c1-14-4-7-18(26-21(29)25-17-8-5-16(23)6-9-17)11-19(14)27-22-28-20(13-30-22)15-3-2-10-24-12-15/h2-13H,23H2,1H3,(H,27,28)(H2,25,26,29). The minimum absolute atomic E-state index is 0.290. The predicted molar refractivity (Wildman–Crippen MR) is 127 cm³/mol. The Morgan fingerprint density at radius 1 is 1.03 bits per heavy atom. The number of amides is 2. The number of nitrogens with one attached hydrogen (secondary N) is 3. The van der Waals surface area contributed by atoms with Crippen molar-refractivity contribution in [3.8, 4) is 11.3 Å². The zero-order valence-corrected chi connectivity index (χ0v) is 17.5. The average Bonchev–Trinajstić information content (AvgIpc) is 3.21. The third-order valence-corrected chi connectivity index (χ3v) is 5.27. The lowest BCUT2D eigenvalue weighted by Gasteiger charge is -2.12. The van der Waals surface area contributed by atoms with E-state index in [4.69, 9.17) is 0 Å². The van der Waals surface area contributed by atoms with E-state index in [0.717, 1.165) is 38.8 Å². The van der Waals surface area contributed by atoms with Crippen LogP contribution >= 0.6 is 11.3 Å². The van der Waals surface area contributed by atoms with Crippen LogP contribution in [0.1, 0.15) is 5.56 Å². The van der Waals surface area contributed by atoms with Gasteiger partial charge in [-0.2, -0.15) is 0 Å². The fourth-order valence-corrected chi connectivity index (χ4v) is 3.59. The molecule has 0 aliphatic heterocycles. The summed E-state index contributed by atoms with van der Waals surface area (Å²) in [6.45, 7) is 2.01. The quantitative estimate of drug-likeness (QED) is 0.430. The molecule has 0 aliphatic rings. The summed E-state index contributed by atoms with van der Waals surface area (Å²) in [5.74, 6) is 0. The van der Waals surface area contributed by atoms with Crippen molar-refractivity contribution in [1.82, 2.24) is 9.97 Å². The molecule has 2 aromatic carbocycles. The molecule has 0 saturated carbocycles. The van der Waals surface area contributed by atoms with Gasteiger partial charge in [-0.25, -0.2) is 9.78 Å². The van der Waals surface area contributed by atoms with Gasteiger partial charge < -0.3 is 16.0 Å². The highest BCUT2D eigenvalue weighted by molar-refractivity contribution is 7.14. The second-order valence-corrected chi connectivity index (χ2v) is 7.74. The number of carbonyl (C=O) groups is 1. The molecule has 0 fully saturated rings. The van der Waals surface area contributed by atoms with E-state index >= 15 is 0 Å². The van der Waals surface area contributed by atoms with Crippen LogP contribution in [-0.2, 0) is 0 Å². The number of carbonyl (C=O) groups excluding carboxylic acids is 1. The number of hydrogen-bond acceptors (Lipinski definition) is 5. The van der Waals surface area contributed by atoms with Crippen LogP contribution in [-0.4, -0.2) is 23.8 Å². The number of hydrogen-bond donors (Lipinski definition) is 3. The molecule has 0 saturated heterocycles. The smallest absolute Gasteiger partial charge is 0.323 e. The summed E-state index contributed by atoms with van der Waals surface area (Å²) >= 11 is 1.52. The molecule has 2 amide bonds. The summed E-state index contributed by atoms with van der Waals surface area (Å²) in [6.07, 6.45) is 3.53. The number of benzene rings is 2. The molecule has 4 aromatic rings. The number of urea groups is 1. The van der Waals surface area contributed by atoms with E-state index in [1.165, 1.54) is 11.3 Å². The fraction of sp³-hybridized carbons (Fsp3) is 0.0455. The molecule has 0 radical (unpaired) electrons. The molecule has 0 atom stereocenters. The van der Waals surface area contributed by atoms with Gasteiger partial charge in [-0.3, -0.25) is 4.98 Å². The van der Waals surface area contributed by atoms with E-state index in [2.05, 4.69) is 25.9 Å². The van der Waals surface area contributed by atoms with Crippen molar-refractivity contribution >= 4 is 52.9 Å². The van der Waals surface area contributed by atoms with Gasteiger partial charge in [-0.05, 0) is 48.9 Å². The molecule has 0 aliphatic carbocycles. The Bertz CT molecular complexity index is 1160. The van der Waals surface area contributed by atoms with Crippen LogP contribution in [0.2, 0.25) is 0 Å². The Morgan fingerprint density at radius 2 is 1.80 bits per heavy atom. The van der Waals surface area contributed by atoms with Crippen LogP contribution in [0, 0.1) is 6.92 Å². The van der Waals surface area contributed by atoms with Crippen molar-refractivity contribution in [3.05, 3.63) is 77.9 Å². The normalized spacial score (nSPS) is 10.4. The van der Waals surface area contributed by atoms with E-state index in [9.17, 15) is 4.79 Å². The van der Waals surface area contributed by atoms with Gasteiger partial charge in [-0.15, -0.1) is 11.3 Å². The largest absolute Gasteiger partial charge is 0.331 e. The lowest BCUT2D eigenvalue weighted by atomic mass is 9.96. The second-order valence-electron chi connectivity index (χ2n) is 6.88. The van der Waals surface area contributed by atoms with E-state index in [-0.39, 0.29) is 6.03 Å². The molecule has 0 bridgehead atoms. The monoisotopic (exact) mass is 413 g/mol. The maximum atomic E-state index is 12.3. The van der Waals surface area contributed by atoms with Crippen LogP contribution in [0.15, 0.2) is 72.4 Å². The Labute approximate surface area is 179 Å². The van der Waals surface area contributed by atoms with Gasteiger partial charge in [0, 0.05) is 40.4 Å². The summed E-state index contributed by atoms with van der Waals surface area (Å²) in [5, 5.41) is 11.8. The van der Waals surface area contributed by atoms with Gasteiger partial charge >= 0.3 is 6.03 Å². The lowest BCUT2D eigenvalue weighted by Crippen LogP contribution is -2.19. The fourth-order valence-electron chi connectivity index (χ4n) is 2.86. The molecule has 2 heterocycles. The second kappa shape index (κ2) is 8.79. The number of anilines is 4. The third-order valence-electron chi connectivity index (χ3n) is 4.51. The van der Waals surface area contributed by atoms with E-state index < -0.39 is 0 Å². The molecule has 4 rings (SSSR count).